The second-order valence-corrected chi connectivity index (χ2v) is 6.38. The molecule has 2 rings (SSSR count). The fourth-order valence-corrected chi connectivity index (χ4v) is 1.74. The number of aliphatic hydroxyl groups is 2. The Hall–Kier alpha value is -2.57. The summed E-state index contributed by atoms with van der Waals surface area (Å²) in [6, 6.07) is 14.1. The van der Waals surface area contributed by atoms with Gasteiger partial charge in [-0.25, -0.2) is 4.79 Å². The average molecular weight is 346 g/mol. The van der Waals surface area contributed by atoms with Gasteiger partial charge in [0.1, 0.15) is 5.60 Å². The van der Waals surface area contributed by atoms with Crippen LogP contribution < -0.4 is 11.1 Å². The molecule has 2 aromatic carbocycles. The lowest BCUT2D eigenvalue weighted by atomic mass is 10.2. The first kappa shape index (κ1) is 20.5. The summed E-state index contributed by atoms with van der Waals surface area (Å²) >= 11 is 0. The van der Waals surface area contributed by atoms with Crippen LogP contribution in [0.2, 0.25) is 0 Å². The van der Waals surface area contributed by atoms with Crippen LogP contribution >= 0.6 is 0 Å². The van der Waals surface area contributed by atoms with Gasteiger partial charge in [-0.1, -0.05) is 24.3 Å². The van der Waals surface area contributed by atoms with E-state index >= 15 is 0 Å². The Morgan fingerprint density at radius 1 is 0.960 bits per heavy atom. The monoisotopic (exact) mass is 346 g/mol. The Bertz CT molecular complexity index is 647. The van der Waals surface area contributed by atoms with Crippen molar-refractivity contribution in [1.29, 1.82) is 0 Å². The van der Waals surface area contributed by atoms with Crippen LogP contribution in [-0.4, -0.2) is 21.9 Å². The van der Waals surface area contributed by atoms with E-state index < -0.39 is 11.7 Å². The first-order valence-electron chi connectivity index (χ1n) is 7.88. The lowest BCUT2D eigenvalue weighted by Gasteiger charge is -2.19. The third-order valence-electron chi connectivity index (χ3n) is 2.94. The molecule has 136 valence electrons. The maximum atomic E-state index is 11.4. The molecule has 0 saturated carbocycles. The minimum absolute atomic E-state index is 0.00722. The molecule has 0 spiro atoms. The van der Waals surface area contributed by atoms with Crippen LogP contribution in [0.5, 0.6) is 0 Å². The fourth-order valence-electron chi connectivity index (χ4n) is 1.74. The van der Waals surface area contributed by atoms with Gasteiger partial charge in [0.25, 0.3) is 0 Å². The van der Waals surface area contributed by atoms with E-state index in [9.17, 15) is 4.79 Å². The van der Waals surface area contributed by atoms with Crippen molar-refractivity contribution in [3.8, 4) is 0 Å². The van der Waals surface area contributed by atoms with E-state index in [-0.39, 0.29) is 13.2 Å². The lowest BCUT2D eigenvalue weighted by molar-refractivity contribution is 0.0636. The number of hydrogen-bond donors (Lipinski definition) is 4. The number of nitrogen functional groups attached to an aromatic ring is 1. The van der Waals surface area contributed by atoms with Gasteiger partial charge in [-0.05, 0) is 56.2 Å². The van der Waals surface area contributed by atoms with Crippen molar-refractivity contribution in [1.82, 2.24) is 0 Å². The van der Waals surface area contributed by atoms with Crippen molar-refractivity contribution in [2.24, 2.45) is 0 Å². The predicted octanol–water partition coefficient (Wildman–Crippen LogP) is 3.29. The molecule has 0 aliphatic rings. The van der Waals surface area contributed by atoms with E-state index in [4.69, 9.17) is 20.7 Å². The van der Waals surface area contributed by atoms with Gasteiger partial charge in [-0.15, -0.1) is 0 Å². The van der Waals surface area contributed by atoms with Crippen LogP contribution in [0.3, 0.4) is 0 Å². The molecule has 0 aliphatic heterocycles. The van der Waals surface area contributed by atoms with Gasteiger partial charge < -0.3 is 20.7 Å². The van der Waals surface area contributed by atoms with E-state index in [1.165, 1.54) is 0 Å². The standard InChI is InChI=1S/C12H17NO3.C7H9NO/c1-12(2,3)16-11(15)13-10-6-4-9(8-14)5-7-10;8-7-3-1-6(5-9)2-4-7/h4-7,14H,8H2,1-3H3,(H,13,15);1-4,9H,5,8H2. The summed E-state index contributed by atoms with van der Waals surface area (Å²) in [5.74, 6) is 0. The molecule has 0 aliphatic carbocycles. The number of anilines is 2. The molecule has 0 saturated heterocycles. The number of nitrogens with two attached hydrogens (primary N) is 1. The van der Waals surface area contributed by atoms with Crippen molar-refractivity contribution < 1.29 is 19.7 Å². The number of carbonyl (C=O) groups is 1. The van der Waals surface area contributed by atoms with Gasteiger partial charge in [0.2, 0.25) is 0 Å². The summed E-state index contributed by atoms with van der Waals surface area (Å²) in [5.41, 5.74) is 7.96. The summed E-state index contributed by atoms with van der Waals surface area (Å²) in [7, 11) is 0. The van der Waals surface area contributed by atoms with Gasteiger partial charge >= 0.3 is 6.09 Å². The summed E-state index contributed by atoms with van der Waals surface area (Å²) < 4.78 is 5.10. The molecule has 2 aromatic rings. The Morgan fingerprint density at radius 2 is 1.40 bits per heavy atom. The number of carbonyl (C=O) groups excluding carboxylic acids is 1. The summed E-state index contributed by atoms with van der Waals surface area (Å²) in [5, 5.41) is 20.0. The minimum atomic E-state index is -0.505. The molecule has 6 nitrogen and oxygen atoms in total. The second kappa shape index (κ2) is 9.66. The lowest BCUT2D eigenvalue weighted by Crippen LogP contribution is -2.27. The Balaban J connectivity index is 0.000000293. The first-order chi connectivity index (χ1) is 11.7. The number of rotatable bonds is 3. The zero-order chi connectivity index (χ0) is 18.9. The van der Waals surface area contributed by atoms with Crippen LogP contribution in [0.1, 0.15) is 31.9 Å². The van der Waals surface area contributed by atoms with Crippen LogP contribution in [0.25, 0.3) is 0 Å². The average Bonchev–Trinajstić information content (AvgIpc) is 2.55. The highest BCUT2D eigenvalue weighted by Crippen LogP contribution is 2.12. The number of nitrogens with one attached hydrogen (secondary N) is 1. The van der Waals surface area contributed by atoms with Gasteiger partial charge in [0.05, 0.1) is 13.2 Å². The summed E-state index contributed by atoms with van der Waals surface area (Å²) in [6.45, 7) is 5.50. The SMILES string of the molecule is CC(C)(C)OC(=O)Nc1ccc(CO)cc1.Nc1ccc(CO)cc1. The Morgan fingerprint density at radius 3 is 1.80 bits per heavy atom. The third kappa shape index (κ3) is 8.74. The van der Waals surface area contributed by atoms with Crippen LogP contribution in [0, 0.1) is 0 Å². The molecule has 1 amide bonds. The molecule has 6 heteroatoms. The minimum Gasteiger partial charge on any atom is -0.444 e. The van der Waals surface area contributed by atoms with Crippen molar-refractivity contribution in [3.05, 3.63) is 59.7 Å². The molecule has 0 bridgehead atoms. The van der Waals surface area contributed by atoms with Crippen molar-refractivity contribution in [3.63, 3.8) is 0 Å². The highest BCUT2D eigenvalue weighted by Gasteiger charge is 2.15. The molecular weight excluding hydrogens is 320 g/mol. The smallest absolute Gasteiger partial charge is 0.412 e. The summed E-state index contributed by atoms with van der Waals surface area (Å²) in [4.78, 5) is 11.4. The van der Waals surface area contributed by atoms with Crippen molar-refractivity contribution in [2.75, 3.05) is 11.1 Å². The zero-order valence-electron chi connectivity index (χ0n) is 14.8. The molecule has 0 unspecified atom stereocenters. The molecule has 0 fully saturated rings. The maximum absolute atomic E-state index is 11.4. The van der Waals surface area contributed by atoms with E-state index in [2.05, 4.69) is 5.32 Å². The third-order valence-corrected chi connectivity index (χ3v) is 2.94. The number of aliphatic hydroxyl groups excluding tert-OH is 2. The number of hydrogen-bond acceptors (Lipinski definition) is 5. The second-order valence-electron chi connectivity index (χ2n) is 6.38. The van der Waals surface area contributed by atoms with E-state index in [1.54, 1.807) is 69.3 Å². The Labute approximate surface area is 148 Å². The van der Waals surface area contributed by atoms with E-state index in [0.29, 0.717) is 5.69 Å². The molecule has 0 heterocycles. The molecule has 0 atom stereocenters. The quantitative estimate of drug-likeness (QED) is 0.638. The largest absolute Gasteiger partial charge is 0.444 e. The van der Waals surface area contributed by atoms with Gasteiger partial charge in [0, 0.05) is 11.4 Å². The number of benzene rings is 2. The molecular formula is C19H26N2O4. The van der Waals surface area contributed by atoms with Crippen LogP contribution in [0.15, 0.2) is 48.5 Å². The molecule has 5 N–H and O–H groups in total. The zero-order valence-corrected chi connectivity index (χ0v) is 14.8. The number of amides is 1. The molecule has 0 radical (unpaired) electrons. The van der Waals surface area contributed by atoms with E-state index in [1.807, 2.05) is 0 Å². The normalized spacial score (nSPS) is 10.4. The maximum Gasteiger partial charge on any atom is 0.412 e. The highest BCUT2D eigenvalue weighted by molar-refractivity contribution is 5.84. The van der Waals surface area contributed by atoms with Crippen molar-refractivity contribution >= 4 is 17.5 Å². The van der Waals surface area contributed by atoms with Gasteiger partial charge in [0.15, 0.2) is 0 Å². The fraction of sp³-hybridized carbons (Fsp3) is 0.316. The Kier molecular flexibility index (Phi) is 7.91. The first-order valence-corrected chi connectivity index (χ1v) is 7.88. The highest BCUT2D eigenvalue weighted by atomic mass is 16.6. The van der Waals surface area contributed by atoms with Gasteiger partial charge in [-0.3, -0.25) is 5.32 Å². The van der Waals surface area contributed by atoms with Crippen LogP contribution in [-0.2, 0) is 18.0 Å². The topological polar surface area (TPSA) is 105 Å². The predicted molar refractivity (Wildman–Crippen MR) is 99.0 cm³/mol. The van der Waals surface area contributed by atoms with Gasteiger partial charge in [-0.2, -0.15) is 0 Å². The number of ether oxygens (including phenoxy) is 1. The summed E-state index contributed by atoms with van der Waals surface area (Å²) in [6.07, 6.45) is -0.482. The van der Waals surface area contributed by atoms with Crippen molar-refractivity contribution in [2.45, 2.75) is 39.6 Å². The van der Waals surface area contributed by atoms with E-state index in [0.717, 1.165) is 16.8 Å². The molecule has 25 heavy (non-hydrogen) atoms. The molecule has 0 aromatic heterocycles. The van der Waals surface area contributed by atoms with Crippen LogP contribution in [0.4, 0.5) is 16.2 Å².